The number of hydrogen-bond donors (Lipinski definition) is 1. The van der Waals surface area contributed by atoms with E-state index in [0.29, 0.717) is 22.2 Å². The Balaban J connectivity index is 1.75. The number of amides is 1. The SMILES string of the molecule is CC(NC(=O)c1cn(C(C)C)c(=O)c2ccccc12)c1nnc2ccccn12. The Morgan fingerprint density at radius 3 is 2.46 bits per heavy atom. The van der Waals surface area contributed by atoms with Crippen molar-refractivity contribution in [2.75, 3.05) is 0 Å². The number of carbonyl (C=O) groups is 1. The summed E-state index contributed by atoms with van der Waals surface area (Å²) in [6, 6.07) is 12.4. The molecule has 0 fully saturated rings. The van der Waals surface area contributed by atoms with Gasteiger partial charge in [0.1, 0.15) is 0 Å². The van der Waals surface area contributed by atoms with Gasteiger partial charge in [-0.3, -0.25) is 14.0 Å². The molecule has 28 heavy (non-hydrogen) atoms. The number of aromatic nitrogens is 4. The molecule has 0 aliphatic carbocycles. The molecule has 0 aliphatic rings. The van der Waals surface area contributed by atoms with E-state index in [2.05, 4.69) is 15.5 Å². The molecule has 3 heterocycles. The lowest BCUT2D eigenvalue weighted by molar-refractivity contribution is 0.0939. The minimum Gasteiger partial charge on any atom is -0.342 e. The van der Waals surface area contributed by atoms with Gasteiger partial charge in [0.2, 0.25) is 0 Å². The maximum Gasteiger partial charge on any atom is 0.258 e. The molecular weight excluding hydrogens is 354 g/mol. The number of benzene rings is 1. The number of hydrogen-bond acceptors (Lipinski definition) is 4. The summed E-state index contributed by atoms with van der Waals surface area (Å²) in [5.41, 5.74) is 1.08. The quantitative estimate of drug-likeness (QED) is 0.594. The van der Waals surface area contributed by atoms with E-state index >= 15 is 0 Å². The van der Waals surface area contributed by atoms with Crippen molar-refractivity contribution in [2.45, 2.75) is 32.9 Å². The highest BCUT2D eigenvalue weighted by molar-refractivity contribution is 6.06. The zero-order valence-electron chi connectivity index (χ0n) is 16.0. The fourth-order valence-electron chi connectivity index (χ4n) is 3.37. The first kappa shape index (κ1) is 17.9. The molecule has 0 aliphatic heterocycles. The van der Waals surface area contributed by atoms with E-state index in [1.165, 1.54) is 0 Å². The summed E-state index contributed by atoms with van der Waals surface area (Å²) < 4.78 is 3.44. The normalized spacial score (nSPS) is 12.6. The molecule has 0 saturated heterocycles. The van der Waals surface area contributed by atoms with Crippen LogP contribution in [0, 0.1) is 0 Å². The Morgan fingerprint density at radius 1 is 1.00 bits per heavy atom. The fourth-order valence-corrected chi connectivity index (χ4v) is 3.37. The van der Waals surface area contributed by atoms with Crippen LogP contribution >= 0.6 is 0 Å². The van der Waals surface area contributed by atoms with E-state index < -0.39 is 0 Å². The standard InChI is InChI=1S/C21H21N5O2/c1-13(2)26-12-17(15-8-4-5-9-16(15)21(26)28)20(27)22-14(3)19-24-23-18-10-6-7-11-25(18)19/h4-14H,1-3H3,(H,22,27). The lowest BCUT2D eigenvalue weighted by atomic mass is 10.1. The van der Waals surface area contributed by atoms with Crippen molar-refractivity contribution in [1.82, 2.24) is 24.5 Å². The lowest BCUT2D eigenvalue weighted by Gasteiger charge is -2.17. The van der Waals surface area contributed by atoms with Crippen LogP contribution in [0.4, 0.5) is 0 Å². The van der Waals surface area contributed by atoms with Crippen molar-refractivity contribution in [3.63, 3.8) is 0 Å². The van der Waals surface area contributed by atoms with Gasteiger partial charge in [-0.25, -0.2) is 0 Å². The van der Waals surface area contributed by atoms with Crippen LogP contribution in [-0.4, -0.2) is 25.1 Å². The first-order valence-corrected chi connectivity index (χ1v) is 9.21. The molecule has 3 aromatic heterocycles. The molecule has 1 unspecified atom stereocenters. The summed E-state index contributed by atoms with van der Waals surface area (Å²) in [5, 5.41) is 12.5. The van der Waals surface area contributed by atoms with Crippen LogP contribution in [0.15, 0.2) is 59.7 Å². The zero-order valence-corrected chi connectivity index (χ0v) is 16.0. The van der Waals surface area contributed by atoms with Crippen LogP contribution in [0.1, 0.15) is 49.0 Å². The van der Waals surface area contributed by atoms with Crippen molar-refractivity contribution >= 4 is 22.3 Å². The second kappa shape index (κ2) is 6.92. The van der Waals surface area contributed by atoms with Crippen LogP contribution < -0.4 is 10.9 Å². The highest BCUT2D eigenvalue weighted by atomic mass is 16.2. The first-order chi connectivity index (χ1) is 13.5. The van der Waals surface area contributed by atoms with E-state index in [1.807, 2.05) is 55.6 Å². The van der Waals surface area contributed by atoms with Gasteiger partial charge in [0.05, 0.1) is 11.6 Å². The van der Waals surface area contributed by atoms with E-state index in [9.17, 15) is 9.59 Å². The van der Waals surface area contributed by atoms with Gasteiger partial charge in [0.25, 0.3) is 11.5 Å². The second-order valence-electron chi connectivity index (χ2n) is 7.08. The molecule has 7 nitrogen and oxygen atoms in total. The Labute approximate surface area is 161 Å². The third kappa shape index (κ3) is 2.94. The molecule has 1 atom stereocenters. The number of nitrogens with one attached hydrogen (secondary N) is 1. The Hall–Kier alpha value is -3.48. The average molecular weight is 375 g/mol. The molecule has 0 spiro atoms. The molecule has 7 heteroatoms. The van der Waals surface area contributed by atoms with Gasteiger partial charge >= 0.3 is 0 Å². The maximum absolute atomic E-state index is 13.1. The van der Waals surface area contributed by atoms with E-state index in [0.717, 1.165) is 5.65 Å². The van der Waals surface area contributed by atoms with Crippen molar-refractivity contribution in [3.8, 4) is 0 Å². The highest BCUT2D eigenvalue weighted by Crippen LogP contribution is 2.19. The van der Waals surface area contributed by atoms with Gasteiger partial charge < -0.3 is 9.88 Å². The molecule has 142 valence electrons. The monoisotopic (exact) mass is 375 g/mol. The second-order valence-corrected chi connectivity index (χ2v) is 7.08. The molecule has 4 aromatic rings. The molecule has 1 amide bonds. The number of carbonyl (C=O) groups excluding carboxylic acids is 1. The number of nitrogens with zero attached hydrogens (tertiary/aromatic N) is 4. The molecular formula is C21H21N5O2. The van der Waals surface area contributed by atoms with Crippen LogP contribution in [0.5, 0.6) is 0 Å². The topological polar surface area (TPSA) is 81.3 Å². The summed E-state index contributed by atoms with van der Waals surface area (Å²) in [5.74, 6) is 0.385. The summed E-state index contributed by atoms with van der Waals surface area (Å²) in [7, 11) is 0. The van der Waals surface area contributed by atoms with Gasteiger partial charge in [0.15, 0.2) is 11.5 Å². The van der Waals surface area contributed by atoms with Gasteiger partial charge in [0, 0.05) is 29.2 Å². The number of fused-ring (bicyclic) bond motifs is 2. The van der Waals surface area contributed by atoms with E-state index in [-0.39, 0.29) is 23.6 Å². The summed E-state index contributed by atoms with van der Waals surface area (Å²) >= 11 is 0. The maximum atomic E-state index is 13.1. The summed E-state index contributed by atoms with van der Waals surface area (Å²) in [6.45, 7) is 5.70. The fraction of sp³-hybridized carbons (Fsp3) is 0.238. The average Bonchev–Trinajstić information content (AvgIpc) is 3.12. The lowest BCUT2D eigenvalue weighted by Crippen LogP contribution is -2.31. The van der Waals surface area contributed by atoms with Crippen molar-refractivity contribution < 1.29 is 4.79 Å². The van der Waals surface area contributed by atoms with Gasteiger partial charge in [-0.05, 0) is 39.0 Å². The van der Waals surface area contributed by atoms with Crippen LogP contribution in [-0.2, 0) is 0 Å². The Morgan fingerprint density at radius 2 is 1.71 bits per heavy atom. The summed E-state index contributed by atoms with van der Waals surface area (Å²) in [6.07, 6.45) is 3.50. The molecule has 0 bridgehead atoms. The predicted molar refractivity (Wildman–Crippen MR) is 107 cm³/mol. The summed E-state index contributed by atoms with van der Waals surface area (Å²) in [4.78, 5) is 25.8. The van der Waals surface area contributed by atoms with Gasteiger partial charge in [-0.2, -0.15) is 0 Å². The van der Waals surface area contributed by atoms with Crippen molar-refractivity contribution in [1.29, 1.82) is 0 Å². The van der Waals surface area contributed by atoms with Crippen LogP contribution in [0.25, 0.3) is 16.4 Å². The first-order valence-electron chi connectivity index (χ1n) is 9.21. The third-order valence-electron chi connectivity index (χ3n) is 4.83. The Bertz CT molecular complexity index is 1240. The molecule has 1 N–H and O–H groups in total. The molecule has 4 rings (SSSR count). The van der Waals surface area contributed by atoms with Crippen LogP contribution in [0.2, 0.25) is 0 Å². The Kier molecular flexibility index (Phi) is 4.43. The minimum atomic E-state index is -0.358. The van der Waals surface area contributed by atoms with Crippen molar-refractivity contribution in [2.24, 2.45) is 0 Å². The molecule has 0 saturated carbocycles. The van der Waals surface area contributed by atoms with Crippen LogP contribution in [0.3, 0.4) is 0 Å². The van der Waals surface area contributed by atoms with E-state index in [1.54, 1.807) is 29.0 Å². The molecule has 1 aromatic carbocycles. The number of rotatable bonds is 4. The highest BCUT2D eigenvalue weighted by Gasteiger charge is 2.20. The smallest absolute Gasteiger partial charge is 0.258 e. The molecule has 0 radical (unpaired) electrons. The van der Waals surface area contributed by atoms with Crippen molar-refractivity contribution in [3.05, 3.63) is 76.6 Å². The minimum absolute atomic E-state index is 0.0541. The largest absolute Gasteiger partial charge is 0.342 e. The van der Waals surface area contributed by atoms with Gasteiger partial charge in [-0.15, -0.1) is 10.2 Å². The van der Waals surface area contributed by atoms with E-state index in [4.69, 9.17) is 0 Å². The zero-order chi connectivity index (χ0) is 19.8. The third-order valence-corrected chi connectivity index (χ3v) is 4.83. The predicted octanol–water partition coefficient (Wildman–Crippen LogP) is 3.12. The van der Waals surface area contributed by atoms with Gasteiger partial charge in [-0.1, -0.05) is 24.3 Å². The number of pyridine rings is 2.